The Bertz CT molecular complexity index is 609. The molecule has 0 radical (unpaired) electrons. The number of benzene rings is 2. The Kier molecular flexibility index (Phi) is 3.07. The maximum Gasteiger partial charge on any atom is 0.129 e. The average molecular weight is 259 g/mol. The normalized spacial score (nSPS) is 21.4. The van der Waals surface area contributed by atoms with E-state index >= 15 is 0 Å². The molecular weight excluding hydrogens is 244 g/mol. The van der Waals surface area contributed by atoms with E-state index in [4.69, 9.17) is 5.73 Å². The van der Waals surface area contributed by atoms with Crippen molar-refractivity contribution < 1.29 is 8.78 Å². The van der Waals surface area contributed by atoms with Gasteiger partial charge in [-0.3, -0.25) is 0 Å². The summed E-state index contributed by atoms with van der Waals surface area (Å²) in [5.41, 5.74) is 9.15. The highest BCUT2D eigenvalue weighted by Gasteiger charge is 2.29. The molecule has 1 nitrogen and oxygen atoms in total. The molecule has 3 rings (SSSR count). The molecule has 1 aliphatic carbocycles. The van der Waals surface area contributed by atoms with Crippen LogP contribution in [0.3, 0.4) is 0 Å². The lowest BCUT2D eigenvalue weighted by Crippen LogP contribution is -2.19. The van der Waals surface area contributed by atoms with Crippen molar-refractivity contribution in [3.05, 3.63) is 70.8 Å². The van der Waals surface area contributed by atoms with E-state index in [1.807, 2.05) is 18.2 Å². The lowest BCUT2D eigenvalue weighted by molar-refractivity contribution is 0.452. The monoisotopic (exact) mass is 259 g/mol. The fourth-order valence-electron chi connectivity index (χ4n) is 2.88. The Hall–Kier alpha value is -1.74. The second kappa shape index (κ2) is 4.74. The first kappa shape index (κ1) is 12.3. The molecule has 0 aromatic heterocycles. The molecule has 2 aromatic carbocycles. The summed E-state index contributed by atoms with van der Waals surface area (Å²) in [5, 5.41) is 0. The van der Waals surface area contributed by atoms with Crippen LogP contribution in [0, 0.1) is 17.6 Å². The summed E-state index contributed by atoms with van der Waals surface area (Å²) in [6.45, 7) is 0. The van der Waals surface area contributed by atoms with Crippen LogP contribution in [0.2, 0.25) is 0 Å². The Morgan fingerprint density at radius 2 is 1.89 bits per heavy atom. The van der Waals surface area contributed by atoms with E-state index in [2.05, 4.69) is 6.07 Å². The Morgan fingerprint density at radius 3 is 2.63 bits per heavy atom. The fourth-order valence-corrected chi connectivity index (χ4v) is 2.88. The summed E-state index contributed by atoms with van der Waals surface area (Å²) in [4.78, 5) is 0. The molecule has 98 valence electrons. The van der Waals surface area contributed by atoms with Gasteiger partial charge in [0.1, 0.15) is 11.6 Å². The Labute approximate surface area is 111 Å². The number of fused-ring (bicyclic) bond motifs is 1. The summed E-state index contributed by atoms with van der Waals surface area (Å²) in [5.74, 6) is -0.847. The largest absolute Gasteiger partial charge is 0.324 e. The van der Waals surface area contributed by atoms with Crippen LogP contribution in [-0.2, 0) is 12.8 Å². The Morgan fingerprint density at radius 1 is 1.11 bits per heavy atom. The average Bonchev–Trinajstić information content (AvgIpc) is 2.70. The molecule has 1 aliphatic rings. The molecule has 0 saturated carbocycles. The molecule has 0 fully saturated rings. The minimum absolute atomic E-state index is 0.0688. The number of hydrogen-bond acceptors (Lipinski definition) is 1. The first-order valence-corrected chi connectivity index (χ1v) is 6.42. The molecule has 0 aliphatic heterocycles. The van der Waals surface area contributed by atoms with Crippen LogP contribution < -0.4 is 5.73 Å². The molecule has 0 amide bonds. The number of hydrogen-bond donors (Lipinski definition) is 1. The van der Waals surface area contributed by atoms with Crippen molar-refractivity contribution in [2.24, 2.45) is 11.7 Å². The SMILES string of the molecule is NC1c2ccccc2CC1Cc1ccc(F)cc1F. The highest BCUT2D eigenvalue weighted by atomic mass is 19.1. The quantitative estimate of drug-likeness (QED) is 0.879. The van der Waals surface area contributed by atoms with Crippen LogP contribution in [0.15, 0.2) is 42.5 Å². The van der Waals surface area contributed by atoms with Crippen molar-refractivity contribution >= 4 is 0 Å². The molecular formula is C16H15F2N. The standard InChI is InChI=1S/C16H15F2N/c17-13-6-5-11(15(18)9-13)8-12-7-10-3-1-2-4-14(10)16(12)19/h1-6,9,12,16H,7-8,19H2. The summed E-state index contributed by atoms with van der Waals surface area (Å²) < 4.78 is 26.6. The molecule has 2 atom stereocenters. The van der Waals surface area contributed by atoms with Crippen LogP contribution in [0.25, 0.3) is 0 Å². The molecule has 2 N–H and O–H groups in total. The van der Waals surface area contributed by atoms with Gasteiger partial charge < -0.3 is 5.73 Å². The van der Waals surface area contributed by atoms with E-state index in [-0.39, 0.29) is 12.0 Å². The second-order valence-corrected chi connectivity index (χ2v) is 5.13. The predicted molar refractivity (Wildman–Crippen MR) is 70.6 cm³/mol. The van der Waals surface area contributed by atoms with Crippen molar-refractivity contribution in [2.45, 2.75) is 18.9 Å². The van der Waals surface area contributed by atoms with Crippen molar-refractivity contribution in [1.29, 1.82) is 0 Å². The molecule has 2 unspecified atom stereocenters. The van der Waals surface area contributed by atoms with E-state index in [9.17, 15) is 8.78 Å². The third kappa shape index (κ3) is 2.26. The highest BCUT2D eigenvalue weighted by molar-refractivity contribution is 5.36. The van der Waals surface area contributed by atoms with Crippen molar-refractivity contribution in [3.8, 4) is 0 Å². The smallest absolute Gasteiger partial charge is 0.129 e. The zero-order valence-corrected chi connectivity index (χ0v) is 10.4. The lowest BCUT2D eigenvalue weighted by Gasteiger charge is -2.16. The van der Waals surface area contributed by atoms with Gasteiger partial charge in [0.2, 0.25) is 0 Å². The zero-order valence-electron chi connectivity index (χ0n) is 10.4. The summed E-state index contributed by atoms with van der Waals surface area (Å²) in [6, 6.07) is 11.7. The second-order valence-electron chi connectivity index (χ2n) is 5.13. The maximum atomic E-state index is 13.7. The topological polar surface area (TPSA) is 26.0 Å². The number of nitrogens with two attached hydrogens (primary N) is 1. The Balaban J connectivity index is 1.83. The van der Waals surface area contributed by atoms with E-state index < -0.39 is 11.6 Å². The number of rotatable bonds is 2. The minimum atomic E-state index is -0.541. The zero-order chi connectivity index (χ0) is 13.4. The van der Waals surface area contributed by atoms with Gasteiger partial charge in [-0.25, -0.2) is 8.78 Å². The van der Waals surface area contributed by atoms with E-state index in [0.717, 1.165) is 18.1 Å². The predicted octanol–water partition coefficient (Wildman–Crippen LogP) is 3.38. The molecule has 2 aromatic rings. The van der Waals surface area contributed by atoms with Gasteiger partial charge in [0.15, 0.2) is 0 Å². The summed E-state index contributed by atoms with van der Waals surface area (Å²) in [7, 11) is 0. The molecule has 3 heteroatoms. The third-order valence-corrected chi connectivity index (χ3v) is 3.90. The van der Waals surface area contributed by atoms with Crippen LogP contribution in [0.5, 0.6) is 0 Å². The third-order valence-electron chi connectivity index (χ3n) is 3.90. The first-order chi connectivity index (χ1) is 9.15. The molecule has 0 heterocycles. The summed E-state index contributed by atoms with van der Waals surface area (Å²) >= 11 is 0. The molecule has 0 bridgehead atoms. The van der Waals surface area contributed by atoms with E-state index in [0.29, 0.717) is 12.0 Å². The highest BCUT2D eigenvalue weighted by Crippen LogP contribution is 2.36. The van der Waals surface area contributed by atoms with Crippen LogP contribution in [-0.4, -0.2) is 0 Å². The van der Waals surface area contributed by atoms with Gasteiger partial charge in [-0.15, -0.1) is 0 Å². The van der Waals surface area contributed by atoms with Gasteiger partial charge in [0, 0.05) is 12.1 Å². The summed E-state index contributed by atoms with van der Waals surface area (Å²) in [6.07, 6.45) is 1.40. The van der Waals surface area contributed by atoms with Gasteiger partial charge in [-0.2, -0.15) is 0 Å². The maximum absolute atomic E-state index is 13.7. The number of halogens is 2. The van der Waals surface area contributed by atoms with Crippen molar-refractivity contribution in [2.75, 3.05) is 0 Å². The van der Waals surface area contributed by atoms with Crippen LogP contribution in [0.1, 0.15) is 22.7 Å². The van der Waals surface area contributed by atoms with E-state index in [1.165, 1.54) is 17.7 Å². The van der Waals surface area contributed by atoms with Gasteiger partial charge in [0.05, 0.1) is 0 Å². The molecule has 19 heavy (non-hydrogen) atoms. The molecule has 0 saturated heterocycles. The van der Waals surface area contributed by atoms with Gasteiger partial charge >= 0.3 is 0 Å². The van der Waals surface area contributed by atoms with Gasteiger partial charge in [0.25, 0.3) is 0 Å². The van der Waals surface area contributed by atoms with Crippen molar-refractivity contribution in [3.63, 3.8) is 0 Å². The van der Waals surface area contributed by atoms with Gasteiger partial charge in [-0.1, -0.05) is 30.3 Å². The van der Waals surface area contributed by atoms with Crippen LogP contribution >= 0.6 is 0 Å². The van der Waals surface area contributed by atoms with Gasteiger partial charge in [-0.05, 0) is 41.5 Å². The molecule has 0 spiro atoms. The van der Waals surface area contributed by atoms with E-state index in [1.54, 1.807) is 0 Å². The van der Waals surface area contributed by atoms with Crippen LogP contribution in [0.4, 0.5) is 8.78 Å². The fraction of sp³-hybridized carbons (Fsp3) is 0.250. The van der Waals surface area contributed by atoms with Crippen molar-refractivity contribution in [1.82, 2.24) is 0 Å². The minimum Gasteiger partial charge on any atom is -0.324 e. The first-order valence-electron chi connectivity index (χ1n) is 6.42. The lowest BCUT2D eigenvalue weighted by atomic mass is 9.93.